The van der Waals surface area contributed by atoms with Gasteiger partial charge in [-0.15, -0.1) is 0 Å². The first-order chi connectivity index (χ1) is 17.1. The van der Waals surface area contributed by atoms with Crippen molar-refractivity contribution in [1.82, 2.24) is 0 Å². The van der Waals surface area contributed by atoms with Crippen LogP contribution in [0.25, 0.3) is 17.2 Å². The average Bonchev–Trinajstić information content (AvgIpc) is 2.91. The lowest BCUT2D eigenvalue weighted by Crippen LogP contribution is -2.10. The van der Waals surface area contributed by atoms with E-state index in [0.717, 1.165) is 16.7 Å². The van der Waals surface area contributed by atoms with Gasteiger partial charge in [0.2, 0.25) is 0 Å². The largest absolute Gasteiger partial charge is 0.458 e. The number of ether oxygens (including phenoxy) is 2. The third-order valence-corrected chi connectivity index (χ3v) is 5.19. The van der Waals surface area contributed by atoms with E-state index in [4.69, 9.17) is 9.47 Å². The number of carbonyl (C=O) groups is 2. The van der Waals surface area contributed by atoms with E-state index in [-0.39, 0.29) is 17.9 Å². The van der Waals surface area contributed by atoms with Crippen molar-refractivity contribution >= 4 is 18.0 Å². The molecule has 4 rings (SSSR count). The van der Waals surface area contributed by atoms with Crippen LogP contribution in [0, 0.1) is 11.3 Å². The Morgan fingerprint density at radius 2 is 1.57 bits per heavy atom. The van der Waals surface area contributed by atoms with Crippen LogP contribution in [0.5, 0.6) is 5.75 Å². The van der Waals surface area contributed by atoms with Crippen LogP contribution in [0.15, 0.2) is 109 Å². The molecular formula is C30H21NO4. The van der Waals surface area contributed by atoms with Gasteiger partial charge in [0.25, 0.3) is 0 Å². The zero-order valence-corrected chi connectivity index (χ0v) is 18.8. The van der Waals surface area contributed by atoms with Crippen LogP contribution >= 0.6 is 0 Å². The Hall–Kier alpha value is -4.95. The van der Waals surface area contributed by atoms with Gasteiger partial charge in [-0.05, 0) is 52.6 Å². The molecule has 170 valence electrons. The standard InChI is InChI=1S/C30H21NO4/c31-20-25-12-4-7-16-28(25)35-30(33)27-15-6-5-14-26(27)24-13-8-11-22(19-24)17-18-29(32)34-21-23-9-2-1-3-10-23/h1-19H,21H2/b18-17+. The molecular weight excluding hydrogens is 438 g/mol. The van der Waals surface area contributed by atoms with Gasteiger partial charge in [0.1, 0.15) is 18.4 Å². The van der Waals surface area contributed by atoms with Crippen LogP contribution in [0.1, 0.15) is 27.0 Å². The molecule has 4 aromatic carbocycles. The molecule has 0 bridgehead atoms. The maximum absolute atomic E-state index is 13.0. The Morgan fingerprint density at radius 3 is 2.40 bits per heavy atom. The van der Waals surface area contributed by atoms with E-state index in [0.29, 0.717) is 11.1 Å². The Labute approximate surface area is 203 Å². The van der Waals surface area contributed by atoms with Gasteiger partial charge in [-0.2, -0.15) is 5.26 Å². The van der Waals surface area contributed by atoms with Crippen molar-refractivity contribution in [2.45, 2.75) is 6.61 Å². The molecule has 0 amide bonds. The fourth-order valence-electron chi connectivity index (χ4n) is 3.47. The first-order valence-corrected chi connectivity index (χ1v) is 10.9. The van der Waals surface area contributed by atoms with Gasteiger partial charge < -0.3 is 9.47 Å². The van der Waals surface area contributed by atoms with Gasteiger partial charge >= 0.3 is 11.9 Å². The van der Waals surface area contributed by atoms with E-state index in [1.807, 2.05) is 72.8 Å². The number of esters is 2. The predicted molar refractivity (Wildman–Crippen MR) is 133 cm³/mol. The number of nitriles is 1. The average molecular weight is 460 g/mol. The summed E-state index contributed by atoms with van der Waals surface area (Å²) in [6, 6.07) is 32.6. The first kappa shape index (κ1) is 23.2. The van der Waals surface area contributed by atoms with Crippen LogP contribution in [0.3, 0.4) is 0 Å². The van der Waals surface area contributed by atoms with Crippen molar-refractivity contribution in [3.63, 3.8) is 0 Å². The summed E-state index contributed by atoms with van der Waals surface area (Å²) in [5, 5.41) is 9.27. The van der Waals surface area contributed by atoms with Crippen LogP contribution in [0.4, 0.5) is 0 Å². The van der Waals surface area contributed by atoms with Gasteiger partial charge in [0.15, 0.2) is 0 Å². The van der Waals surface area contributed by atoms with Crippen molar-refractivity contribution in [3.05, 3.63) is 131 Å². The van der Waals surface area contributed by atoms with Gasteiger partial charge in [-0.3, -0.25) is 0 Å². The van der Waals surface area contributed by atoms with Crippen molar-refractivity contribution in [2.75, 3.05) is 0 Å². The summed E-state index contributed by atoms with van der Waals surface area (Å²) >= 11 is 0. The third-order valence-electron chi connectivity index (χ3n) is 5.19. The molecule has 5 nitrogen and oxygen atoms in total. The lowest BCUT2D eigenvalue weighted by molar-refractivity contribution is -0.138. The monoisotopic (exact) mass is 459 g/mol. The highest BCUT2D eigenvalue weighted by atomic mass is 16.5. The summed E-state index contributed by atoms with van der Waals surface area (Å²) in [4.78, 5) is 25.1. The maximum atomic E-state index is 13.0. The minimum atomic E-state index is -0.561. The van der Waals surface area contributed by atoms with E-state index in [9.17, 15) is 14.9 Å². The second kappa shape index (κ2) is 11.3. The highest BCUT2D eigenvalue weighted by molar-refractivity contribution is 5.99. The number of rotatable bonds is 7. The number of nitrogens with zero attached hydrogens (tertiary/aromatic N) is 1. The van der Waals surface area contributed by atoms with Gasteiger partial charge in [-0.1, -0.05) is 78.9 Å². The first-order valence-electron chi connectivity index (χ1n) is 10.9. The summed E-state index contributed by atoms with van der Waals surface area (Å²) in [6.45, 7) is 0.203. The van der Waals surface area contributed by atoms with Crippen molar-refractivity contribution in [1.29, 1.82) is 5.26 Å². The van der Waals surface area contributed by atoms with E-state index in [1.54, 1.807) is 42.5 Å². The zero-order valence-electron chi connectivity index (χ0n) is 18.8. The van der Waals surface area contributed by atoms with Crippen molar-refractivity contribution in [3.8, 4) is 22.9 Å². The normalized spacial score (nSPS) is 10.5. The highest BCUT2D eigenvalue weighted by Crippen LogP contribution is 2.27. The molecule has 0 unspecified atom stereocenters. The number of hydrogen-bond donors (Lipinski definition) is 0. The molecule has 0 spiro atoms. The molecule has 0 aliphatic rings. The van der Waals surface area contributed by atoms with Crippen LogP contribution in [-0.2, 0) is 16.1 Å². The molecule has 0 radical (unpaired) electrons. The van der Waals surface area contributed by atoms with Crippen molar-refractivity contribution in [2.24, 2.45) is 0 Å². The molecule has 5 heteroatoms. The Bertz CT molecular complexity index is 1420. The number of carbonyl (C=O) groups excluding carboxylic acids is 2. The molecule has 0 aliphatic carbocycles. The maximum Gasteiger partial charge on any atom is 0.344 e. The summed E-state index contributed by atoms with van der Waals surface area (Å²) in [6.07, 6.45) is 3.04. The summed E-state index contributed by atoms with van der Waals surface area (Å²) in [5.41, 5.74) is 3.79. The second-order valence-corrected chi connectivity index (χ2v) is 7.60. The van der Waals surface area contributed by atoms with E-state index in [2.05, 4.69) is 0 Å². The van der Waals surface area contributed by atoms with Gasteiger partial charge in [-0.25, -0.2) is 9.59 Å². The van der Waals surface area contributed by atoms with Crippen molar-refractivity contribution < 1.29 is 19.1 Å². The Morgan fingerprint density at radius 1 is 0.829 bits per heavy atom. The fourth-order valence-corrected chi connectivity index (χ4v) is 3.47. The molecule has 0 N–H and O–H groups in total. The van der Waals surface area contributed by atoms with Crippen LogP contribution in [0.2, 0.25) is 0 Å². The topological polar surface area (TPSA) is 76.4 Å². The smallest absolute Gasteiger partial charge is 0.344 e. The molecule has 35 heavy (non-hydrogen) atoms. The molecule has 0 fully saturated rings. The zero-order chi connectivity index (χ0) is 24.5. The number of hydrogen-bond acceptors (Lipinski definition) is 5. The highest BCUT2D eigenvalue weighted by Gasteiger charge is 2.16. The van der Waals surface area contributed by atoms with Gasteiger partial charge in [0, 0.05) is 6.08 Å². The SMILES string of the molecule is N#Cc1ccccc1OC(=O)c1ccccc1-c1cccc(/C=C/C(=O)OCc2ccccc2)c1. The third kappa shape index (κ3) is 6.10. The second-order valence-electron chi connectivity index (χ2n) is 7.60. The quantitative estimate of drug-likeness (QED) is 0.187. The Kier molecular flexibility index (Phi) is 7.47. The van der Waals surface area contributed by atoms with Crippen LogP contribution in [-0.4, -0.2) is 11.9 Å². The van der Waals surface area contributed by atoms with E-state index < -0.39 is 11.9 Å². The molecule has 0 heterocycles. The molecule has 0 saturated heterocycles. The number of benzene rings is 4. The summed E-state index contributed by atoms with van der Waals surface area (Å²) in [7, 11) is 0. The van der Waals surface area contributed by atoms with E-state index >= 15 is 0 Å². The fraction of sp³-hybridized carbons (Fsp3) is 0.0333. The molecule has 0 aliphatic heterocycles. The molecule has 4 aromatic rings. The summed E-state index contributed by atoms with van der Waals surface area (Å²) < 4.78 is 10.8. The van der Waals surface area contributed by atoms with E-state index in [1.165, 1.54) is 6.08 Å². The lowest BCUT2D eigenvalue weighted by Gasteiger charge is -2.11. The predicted octanol–water partition coefficient (Wildman–Crippen LogP) is 6.20. The Balaban J connectivity index is 1.50. The molecule has 0 aromatic heterocycles. The molecule has 0 atom stereocenters. The lowest BCUT2D eigenvalue weighted by atomic mass is 9.98. The minimum Gasteiger partial charge on any atom is -0.458 e. The minimum absolute atomic E-state index is 0.203. The van der Waals surface area contributed by atoms with Crippen LogP contribution < -0.4 is 4.74 Å². The number of para-hydroxylation sites is 1. The van der Waals surface area contributed by atoms with Gasteiger partial charge in [0.05, 0.1) is 11.1 Å². The molecule has 0 saturated carbocycles. The summed E-state index contributed by atoms with van der Waals surface area (Å²) in [5.74, 6) is -0.798.